The van der Waals surface area contributed by atoms with Crippen LogP contribution in [0.3, 0.4) is 0 Å². The zero-order chi connectivity index (χ0) is 13.1. The predicted molar refractivity (Wildman–Crippen MR) is 78.6 cm³/mol. The van der Waals surface area contributed by atoms with Crippen LogP contribution in [-0.4, -0.2) is 29.0 Å². The standard InChI is InChI=1S/C14H19N5/c1-2-3-4-10-11(19-14-15-7-8-16-14)5-6-12-13(10)18-9-17-12/h5-6,9H,2-4,7-8H2,1H3,(H,17,18)(H2,15,16,19). The molecule has 5 heteroatoms. The van der Waals surface area contributed by atoms with E-state index in [4.69, 9.17) is 0 Å². The predicted octanol–water partition coefficient (Wildman–Crippen LogP) is 2.28. The zero-order valence-electron chi connectivity index (χ0n) is 11.2. The van der Waals surface area contributed by atoms with Gasteiger partial charge in [0.2, 0.25) is 0 Å². The second-order valence-electron chi connectivity index (χ2n) is 4.78. The maximum absolute atomic E-state index is 4.45. The van der Waals surface area contributed by atoms with Crippen molar-refractivity contribution in [2.24, 2.45) is 4.99 Å². The second-order valence-corrected chi connectivity index (χ2v) is 4.78. The minimum absolute atomic E-state index is 0.845. The van der Waals surface area contributed by atoms with Gasteiger partial charge >= 0.3 is 0 Å². The Morgan fingerprint density at radius 1 is 1.37 bits per heavy atom. The molecule has 3 N–H and O–H groups in total. The van der Waals surface area contributed by atoms with Crippen LogP contribution in [0.4, 0.5) is 5.69 Å². The van der Waals surface area contributed by atoms with Crippen molar-refractivity contribution in [2.45, 2.75) is 26.2 Å². The SMILES string of the molecule is CCCCc1c(NC2=NCCN2)ccc2[nH]cnc12. The monoisotopic (exact) mass is 257 g/mol. The number of aromatic nitrogens is 2. The van der Waals surface area contributed by atoms with Crippen LogP contribution in [0.1, 0.15) is 25.3 Å². The summed E-state index contributed by atoms with van der Waals surface area (Å²) in [6, 6.07) is 4.17. The Balaban J connectivity index is 1.96. The van der Waals surface area contributed by atoms with Gasteiger partial charge in [0, 0.05) is 17.8 Å². The zero-order valence-corrected chi connectivity index (χ0v) is 11.2. The van der Waals surface area contributed by atoms with Gasteiger partial charge < -0.3 is 15.6 Å². The lowest BCUT2D eigenvalue weighted by Crippen LogP contribution is -2.26. The third-order valence-corrected chi connectivity index (χ3v) is 3.40. The molecule has 100 valence electrons. The lowest BCUT2D eigenvalue weighted by Gasteiger charge is -2.12. The van der Waals surface area contributed by atoms with Crippen molar-refractivity contribution >= 4 is 22.7 Å². The highest BCUT2D eigenvalue weighted by atomic mass is 15.2. The van der Waals surface area contributed by atoms with E-state index in [-0.39, 0.29) is 0 Å². The number of H-pyrrole nitrogens is 1. The Hall–Kier alpha value is -2.04. The molecule has 2 aromatic rings. The van der Waals surface area contributed by atoms with E-state index < -0.39 is 0 Å². The molecule has 1 aliphatic heterocycles. The number of aryl methyl sites for hydroxylation is 1. The molecule has 0 amide bonds. The fraction of sp³-hybridized carbons (Fsp3) is 0.429. The summed E-state index contributed by atoms with van der Waals surface area (Å²) in [5.41, 5.74) is 4.55. The fourth-order valence-electron chi connectivity index (χ4n) is 2.40. The summed E-state index contributed by atoms with van der Waals surface area (Å²) in [5, 5.41) is 6.63. The largest absolute Gasteiger partial charge is 0.354 e. The number of aliphatic imine (C=N–C) groups is 1. The maximum Gasteiger partial charge on any atom is 0.195 e. The number of nitrogens with zero attached hydrogens (tertiary/aromatic N) is 2. The van der Waals surface area contributed by atoms with Gasteiger partial charge in [-0.25, -0.2) is 4.98 Å². The van der Waals surface area contributed by atoms with Crippen LogP contribution in [0.15, 0.2) is 23.5 Å². The highest BCUT2D eigenvalue weighted by molar-refractivity contribution is 5.97. The molecule has 3 rings (SSSR count). The number of hydrogen-bond acceptors (Lipinski definition) is 4. The lowest BCUT2D eigenvalue weighted by atomic mass is 10.0. The molecule has 0 saturated heterocycles. The summed E-state index contributed by atoms with van der Waals surface area (Å²) in [5.74, 6) is 0.868. The van der Waals surface area contributed by atoms with Crippen LogP contribution >= 0.6 is 0 Å². The average molecular weight is 257 g/mol. The Bertz CT molecular complexity index is 599. The van der Waals surface area contributed by atoms with Gasteiger partial charge in [0.15, 0.2) is 5.96 Å². The van der Waals surface area contributed by atoms with E-state index in [0.29, 0.717) is 0 Å². The van der Waals surface area contributed by atoms with Gasteiger partial charge in [0.05, 0.1) is 23.9 Å². The number of unbranched alkanes of at least 4 members (excludes halogenated alkanes) is 1. The van der Waals surface area contributed by atoms with Gasteiger partial charge in [-0.2, -0.15) is 0 Å². The Morgan fingerprint density at radius 2 is 2.32 bits per heavy atom. The molecular weight excluding hydrogens is 238 g/mol. The van der Waals surface area contributed by atoms with Crippen molar-refractivity contribution < 1.29 is 0 Å². The van der Waals surface area contributed by atoms with E-state index in [1.54, 1.807) is 6.33 Å². The van der Waals surface area contributed by atoms with Crippen LogP contribution in [0.5, 0.6) is 0 Å². The number of imidazole rings is 1. The van der Waals surface area contributed by atoms with E-state index in [9.17, 15) is 0 Å². The first-order chi connectivity index (χ1) is 9.38. The Kier molecular flexibility index (Phi) is 3.35. The van der Waals surface area contributed by atoms with Crippen LogP contribution < -0.4 is 10.6 Å². The Labute approximate surface area is 112 Å². The molecule has 0 saturated carbocycles. The topological polar surface area (TPSA) is 65.1 Å². The highest BCUT2D eigenvalue weighted by Gasteiger charge is 2.12. The van der Waals surface area contributed by atoms with Crippen molar-refractivity contribution in [1.29, 1.82) is 0 Å². The van der Waals surface area contributed by atoms with Gasteiger partial charge in [0.25, 0.3) is 0 Å². The van der Waals surface area contributed by atoms with Gasteiger partial charge in [-0.05, 0) is 25.0 Å². The van der Waals surface area contributed by atoms with Gasteiger partial charge in [-0.1, -0.05) is 13.3 Å². The lowest BCUT2D eigenvalue weighted by molar-refractivity contribution is 0.799. The molecule has 19 heavy (non-hydrogen) atoms. The third kappa shape index (κ3) is 2.41. The quantitative estimate of drug-likeness (QED) is 0.787. The molecule has 0 radical (unpaired) electrons. The van der Waals surface area contributed by atoms with Crippen molar-refractivity contribution in [3.8, 4) is 0 Å². The molecule has 0 unspecified atom stereocenters. The van der Waals surface area contributed by atoms with Gasteiger partial charge in [-0.15, -0.1) is 0 Å². The normalized spacial score (nSPS) is 14.5. The summed E-state index contributed by atoms with van der Waals surface area (Å²) >= 11 is 0. The van der Waals surface area contributed by atoms with Crippen molar-refractivity contribution in [1.82, 2.24) is 15.3 Å². The number of aromatic amines is 1. The second kappa shape index (κ2) is 5.30. The number of rotatable bonds is 4. The smallest absolute Gasteiger partial charge is 0.195 e. The first-order valence-electron chi connectivity index (χ1n) is 6.89. The van der Waals surface area contributed by atoms with E-state index in [1.165, 1.54) is 18.4 Å². The van der Waals surface area contributed by atoms with E-state index in [1.807, 2.05) is 0 Å². The van der Waals surface area contributed by atoms with Crippen molar-refractivity contribution in [2.75, 3.05) is 18.4 Å². The molecule has 5 nitrogen and oxygen atoms in total. The molecule has 0 spiro atoms. The molecule has 0 aliphatic carbocycles. The number of anilines is 1. The van der Waals surface area contributed by atoms with E-state index in [0.717, 1.165) is 42.2 Å². The molecule has 2 heterocycles. The number of fused-ring (bicyclic) bond motifs is 1. The van der Waals surface area contributed by atoms with Gasteiger partial charge in [0.1, 0.15) is 0 Å². The number of guanidine groups is 1. The Morgan fingerprint density at radius 3 is 3.11 bits per heavy atom. The van der Waals surface area contributed by atoms with Gasteiger partial charge in [-0.3, -0.25) is 4.99 Å². The van der Waals surface area contributed by atoms with Crippen molar-refractivity contribution in [3.05, 3.63) is 24.0 Å². The summed E-state index contributed by atoms with van der Waals surface area (Å²) < 4.78 is 0. The molecule has 0 atom stereocenters. The van der Waals surface area contributed by atoms with E-state index >= 15 is 0 Å². The van der Waals surface area contributed by atoms with Crippen molar-refractivity contribution in [3.63, 3.8) is 0 Å². The number of hydrogen-bond donors (Lipinski definition) is 3. The fourth-order valence-corrected chi connectivity index (χ4v) is 2.40. The summed E-state index contributed by atoms with van der Waals surface area (Å²) in [6.45, 7) is 3.97. The van der Waals surface area contributed by atoms with Crippen LogP contribution in [-0.2, 0) is 6.42 Å². The molecule has 1 aliphatic rings. The average Bonchev–Trinajstić information content (AvgIpc) is 3.07. The van der Waals surface area contributed by atoms with Crippen LogP contribution in [0.2, 0.25) is 0 Å². The molecule has 1 aromatic carbocycles. The third-order valence-electron chi connectivity index (χ3n) is 3.40. The number of nitrogens with one attached hydrogen (secondary N) is 3. The first-order valence-corrected chi connectivity index (χ1v) is 6.89. The summed E-state index contributed by atoms with van der Waals surface area (Å²) in [6.07, 6.45) is 5.14. The molecule has 1 aromatic heterocycles. The molecule has 0 fully saturated rings. The summed E-state index contributed by atoms with van der Waals surface area (Å²) in [4.78, 5) is 12.0. The molecule has 0 bridgehead atoms. The minimum atomic E-state index is 0.845. The number of benzene rings is 1. The maximum atomic E-state index is 4.45. The first kappa shape index (κ1) is 12.0. The summed E-state index contributed by atoms with van der Waals surface area (Å²) in [7, 11) is 0. The van der Waals surface area contributed by atoms with E-state index in [2.05, 4.69) is 44.7 Å². The molecular formula is C14H19N5. The van der Waals surface area contributed by atoms with Crippen LogP contribution in [0, 0.1) is 0 Å². The highest BCUT2D eigenvalue weighted by Crippen LogP contribution is 2.25. The van der Waals surface area contributed by atoms with Crippen LogP contribution in [0.25, 0.3) is 11.0 Å². The minimum Gasteiger partial charge on any atom is -0.354 e.